The largest absolute Gasteiger partial charge is 0.388 e. The second-order valence-electron chi connectivity index (χ2n) is 10.4. The summed E-state index contributed by atoms with van der Waals surface area (Å²) in [6, 6.07) is 10.9. The lowest BCUT2D eigenvalue weighted by Gasteiger charge is -2.31. The smallest absolute Gasteiger partial charge is 0.253 e. The molecular formula is C31H46N4O6S. The summed E-state index contributed by atoms with van der Waals surface area (Å²) < 4.78 is 10.9. The fourth-order valence-corrected chi connectivity index (χ4v) is 5.11. The fourth-order valence-electron chi connectivity index (χ4n) is 3.98. The number of aromatic nitrogens is 1. The molecule has 11 heteroatoms. The SMILES string of the molecule is CCCCSCC(NC(=O)c1cccnc1)C(=O)N[C@@H](Cc1ccccc1)[C@@H](O)[C@@H](OCCOC)C(=O)NCC(C)C. The number of aliphatic hydroxyl groups excluding tert-OH is 1. The van der Waals surface area contributed by atoms with E-state index in [1.807, 2.05) is 44.2 Å². The molecule has 0 bridgehead atoms. The van der Waals surface area contributed by atoms with Crippen LogP contribution in [0.2, 0.25) is 0 Å². The Hall–Kier alpha value is -2.99. The molecule has 0 saturated carbocycles. The zero-order valence-electron chi connectivity index (χ0n) is 25.1. The van der Waals surface area contributed by atoms with E-state index in [0.29, 0.717) is 17.9 Å². The predicted octanol–water partition coefficient (Wildman–Crippen LogP) is 2.61. The van der Waals surface area contributed by atoms with Crippen LogP contribution in [-0.4, -0.2) is 90.5 Å². The quantitative estimate of drug-likeness (QED) is 0.170. The molecule has 0 spiro atoms. The minimum atomic E-state index is -1.39. The van der Waals surface area contributed by atoms with E-state index in [1.165, 1.54) is 13.3 Å². The molecule has 1 heterocycles. The van der Waals surface area contributed by atoms with Gasteiger partial charge in [0.25, 0.3) is 11.8 Å². The molecular weight excluding hydrogens is 556 g/mol. The second-order valence-corrected chi connectivity index (χ2v) is 11.6. The Balaban J connectivity index is 2.31. The van der Waals surface area contributed by atoms with Gasteiger partial charge in [-0.3, -0.25) is 19.4 Å². The monoisotopic (exact) mass is 602 g/mol. The van der Waals surface area contributed by atoms with Gasteiger partial charge in [-0.1, -0.05) is 57.5 Å². The minimum Gasteiger partial charge on any atom is -0.388 e. The molecule has 0 aliphatic heterocycles. The van der Waals surface area contributed by atoms with Crippen molar-refractivity contribution in [3.05, 3.63) is 66.0 Å². The number of nitrogens with one attached hydrogen (secondary N) is 3. The van der Waals surface area contributed by atoms with Gasteiger partial charge in [0.2, 0.25) is 5.91 Å². The van der Waals surface area contributed by atoms with Crippen molar-refractivity contribution in [3.63, 3.8) is 0 Å². The molecule has 4 N–H and O–H groups in total. The Morgan fingerprint density at radius 3 is 2.43 bits per heavy atom. The molecule has 0 saturated heterocycles. The van der Waals surface area contributed by atoms with Crippen molar-refractivity contribution in [2.75, 3.05) is 38.4 Å². The molecule has 2 aromatic rings. The first-order valence-corrected chi connectivity index (χ1v) is 15.6. The summed E-state index contributed by atoms with van der Waals surface area (Å²) in [6.07, 6.45) is 2.60. The average Bonchev–Trinajstić information content (AvgIpc) is 2.99. The topological polar surface area (TPSA) is 139 Å². The third-order valence-corrected chi connectivity index (χ3v) is 7.50. The van der Waals surface area contributed by atoms with E-state index in [9.17, 15) is 19.5 Å². The van der Waals surface area contributed by atoms with Crippen LogP contribution in [0.1, 0.15) is 49.5 Å². The van der Waals surface area contributed by atoms with Gasteiger partial charge in [0.05, 0.1) is 24.8 Å². The number of hydrogen-bond acceptors (Lipinski definition) is 8. The summed E-state index contributed by atoms with van der Waals surface area (Å²) in [4.78, 5) is 43.8. The molecule has 0 radical (unpaired) electrons. The summed E-state index contributed by atoms with van der Waals surface area (Å²) in [5, 5.41) is 20.1. The number of benzene rings is 1. The van der Waals surface area contributed by atoms with E-state index in [2.05, 4.69) is 27.9 Å². The van der Waals surface area contributed by atoms with Gasteiger partial charge in [-0.15, -0.1) is 0 Å². The summed E-state index contributed by atoms with van der Waals surface area (Å²) in [7, 11) is 1.52. The normalized spacial score (nSPS) is 14.0. The van der Waals surface area contributed by atoms with Gasteiger partial charge in [-0.05, 0) is 42.2 Å². The zero-order chi connectivity index (χ0) is 30.7. The zero-order valence-corrected chi connectivity index (χ0v) is 25.9. The number of hydrogen-bond donors (Lipinski definition) is 4. The summed E-state index contributed by atoms with van der Waals surface area (Å²) in [5.74, 6) is 0.0120. The number of thioether (sulfide) groups is 1. The van der Waals surface area contributed by atoms with Gasteiger partial charge in [0, 0.05) is 31.8 Å². The van der Waals surface area contributed by atoms with Crippen molar-refractivity contribution < 1.29 is 29.0 Å². The highest BCUT2D eigenvalue weighted by Gasteiger charge is 2.36. The van der Waals surface area contributed by atoms with E-state index in [1.54, 1.807) is 30.1 Å². The first-order valence-electron chi connectivity index (χ1n) is 14.5. The van der Waals surface area contributed by atoms with Gasteiger partial charge < -0.3 is 30.5 Å². The Morgan fingerprint density at radius 2 is 1.79 bits per heavy atom. The predicted molar refractivity (Wildman–Crippen MR) is 165 cm³/mol. The molecule has 0 fully saturated rings. The molecule has 1 aromatic heterocycles. The van der Waals surface area contributed by atoms with Gasteiger partial charge in [0.1, 0.15) is 12.1 Å². The molecule has 2 rings (SSSR count). The number of rotatable bonds is 20. The third kappa shape index (κ3) is 12.9. The average molecular weight is 603 g/mol. The molecule has 1 unspecified atom stereocenters. The van der Waals surface area contributed by atoms with E-state index in [4.69, 9.17) is 9.47 Å². The van der Waals surface area contributed by atoms with E-state index >= 15 is 0 Å². The van der Waals surface area contributed by atoms with Crippen LogP contribution in [0.4, 0.5) is 0 Å². The molecule has 10 nitrogen and oxygen atoms in total. The second kappa shape index (κ2) is 20.0. The summed E-state index contributed by atoms with van der Waals surface area (Å²) in [5.41, 5.74) is 1.19. The van der Waals surface area contributed by atoms with Crippen molar-refractivity contribution >= 4 is 29.5 Å². The van der Waals surface area contributed by atoms with Crippen LogP contribution in [0.25, 0.3) is 0 Å². The van der Waals surface area contributed by atoms with Crippen LogP contribution in [-0.2, 0) is 25.5 Å². The molecule has 0 aliphatic carbocycles. The van der Waals surface area contributed by atoms with Crippen molar-refractivity contribution in [1.82, 2.24) is 20.9 Å². The molecule has 4 atom stereocenters. The lowest BCUT2D eigenvalue weighted by Crippen LogP contribution is -2.59. The summed E-state index contributed by atoms with van der Waals surface area (Å²) in [6.45, 7) is 6.74. The van der Waals surface area contributed by atoms with E-state index < -0.39 is 42.0 Å². The Morgan fingerprint density at radius 1 is 1.02 bits per heavy atom. The van der Waals surface area contributed by atoms with Crippen LogP contribution >= 0.6 is 11.8 Å². The van der Waals surface area contributed by atoms with Crippen molar-refractivity contribution in [2.24, 2.45) is 5.92 Å². The van der Waals surface area contributed by atoms with Crippen molar-refractivity contribution in [3.8, 4) is 0 Å². The van der Waals surface area contributed by atoms with E-state index in [-0.39, 0.29) is 25.6 Å². The summed E-state index contributed by atoms with van der Waals surface area (Å²) >= 11 is 1.57. The fraction of sp³-hybridized carbons (Fsp3) is 0.548. The molecule has 3 amide bonds. The van der Waals surface area contributed by atoms with Crippen LogP contribution in [0.5, 0.6) is 0 Å². The number of ether oxygens (including phenoxy) is 2. The standard InChI is InChI=1S/C31H46N4O6S/c1-5-6-17-42-21-26(35-29(37)24-13-10-14-32-20-24)30(38)34-25(18-23-11-8-7-9-12-23)27(36)28(41-16-15-40-4)31(39)33-19-22(2)3/h7-14,20,22,25-28,36H,5-6,15-19,21H2,1-4H3,(H,33,39)(H,34,38)(H,35,37)/t25-,26?,27+,28+/m0/s1. The maximum atomic E-state index is 13.7. The number of unbranched alkanes of at least 4 members (excludes halogenated alkanes) is 1. The minimum absolute atomic E-state index is 0.0805. The number of amides is 3. The number of methoxy groups -OCH3 is 1. The van der Waals surface area contributed by atoms with Gasteiger partial charge in [0.15, 0.2) is 6.10 Å². The lowest BCUT2D eigenvalue weighted by atomic mass is 9.96. The van der Waals surface area contributed by atoms with Crippen molar-refractivity contribution in [1.29, 1.82) is 0 Å². The first-order chi connectivity index (χ1) is 20.3. The van der Waals surface area contributed by atoms with E-state index in [0.717, 1.165) is 24.2 Å². The van der Waals surface area contributed by atoms with Gasteiger partial charge >= 0.3 is 0 Å². The maximum Gasteiger partial charge on any atom is 0.253 e. The number of carbonyl (C=O) groups excluding carboxylic acids is 3. The number of aliphatic hydroxyl groups is 1. The highest BCUT2D eigenvalue weighted by molar-refractivity contribution is 7.99. The van der Waals surface area contributed by atoms with Gasteiger partial charge in [-0.2, -0.15) is 11.8 Å². The van der Waals surface area contributed by atoms with Crippen LogP contribution in [0.15, 0.2) is 54.9 Å². The molecule has 42 heavy (non-hydrogen) atoms. The first kappa shape index (κ1) is 35.2. The number of pyridine rings is 1. The Bertz CT molecular complexity index is 1060. The highest BCUT2D eigenvalue weighted by Crippen LogP contribution is 2.14. The molecule has 0 aliphatic rings. The van der Waals surface area contributed by atoms with Crippen molar-refractivity contribution in [2.45, 2.75) is 64.3 Å². The van der Waals surface area contributed by atoms with Gasteiger partial charge in [-0.25, -0.2) is 0 Å². The maximum absolute atomic E-state index is 13.7. The highest BCUT2D eigenvalue weighted by atomic mass is 32.2. The number of carbonyl (C=O) groups is 3. The number of nitrogens with zero attached hydrogens (tertiary/aromatic N) is 1. The van der Waals surface area contributed by atoms with Crippen LogP contribution in [0, 0.1) is 5.92 Å². The molecule has 232 valence electrons. The molecule has 1 aromatic carbocycles. The Kier molecular flexibility index (Phi) is 16.8. The van der Waals surface area contributed by atoms with Crippen LogP contribution in [0.3, 0.4) is 0 Å². The third-order valence-electron chi connectivity index (χ3n) is 6.35. The van der Waals surface area contributed by atoms with Crippen LogP contribution < -0.4 is 16.0 Å². The lowest BCUT2D eigenvalue weighted by molar-refractivity contribution is -0.145. The Labute approximate surface area is 253 Å².